The molecule has 0 spiro atoms. The van der Waals surface area contributed by atoms with E-state index in [2.05, 4.69) is 20.1 Å². The van der Waals surface area contributed by atoms with Gasteiger partial charge in [0.1, 0.15) is 5.82 Å². The van der Waals surface area contributed by atoms with E-state index in [0.29, 0.717) is 16.6 Å². The van der Waals surface area contributed by atoms with Gasteiger partial charge in [0.25, 0.3) is 5.89 Å². The Bertz CT molecular complexity index is 1180. The standard InChI is InChI=1S/C16H9FN4O3/c17-10-4-2-1-3-9(10)13-20-16(24-21-13)8-5-6-11-12(7-8)19-15(23)14(22)18-11/h1-7H,(H,18,22)(H,19,23). The molecule has 0 radical (unpaired) electrons. The number of aromatic nitrogens is 4. The number of H-pyrrole nitrogens is 2. The molecule has 0 atom stereocenters. The van der Waals surface area contributed by atoms with Crippen LogP contribution in [-0.2, 0) is 0 Å². The van der Waals surface area contributed by atoms with E-state index >= 15 is 0 Å². The Hall–Kier alpha value is -3.55. The van der Waals surface area contributed by atoms with E-state index in [4.69, 9.17) is 4.52 Å². The summed E-state index contributed by atoms with van der Waals surface area (Å²) in [5.41, 5.74) is 0.165. The topological polar surface area (TPSA) is 105 Å². The summed E-state index contributed by atoms with van der Waals surface area (Å²) < 4.78 is 19.0. The van der Waals surface area contributed by atoms with Gasteiger partial charge in [0.05, 0.1) is 16.6 Å². The number of rotatable bonds is 2. The average Bonchev–Trinajstić information content (AvgIpc) is 3.06. The van der Waals surface area contributed by atoms with Gasteiger partial charge in [-0.1, -0.05) is 17.3 Å². The first kappa shape index (κ1) is 14.1. The van der Waals surface area contributed by atoms with Gasteiger partial charge in [-0.25, -0.2) is 4.39 Å². The zero-order valence-corrected chi connectivity index (χ0v) is 12.0. The molecular formula is C16H9FN4O3. The molecule has 4 aromatic rings. The minimum Gasteiger partial charge on any atom is -0.334 e. The maximum Gasteiger partial charge on any atom is 0.314 e. The molecule has 0 fully saturated rings. The normalized spacial score (nSPS) is 11.0. The van der Waals surface area contributed by atoms with Crippen molar-refractivity contribution in [1.82, 2.24) is 20.1 Å². The minimum atomic E-state index is -0.753. The Balaban J connectivity index is 1.81. The maximum atomic E-state index is 13.8. The third kappa shape index (κ3) is 2.30. The van der Waals surface area contributed by atoms with Gasteiger partial charge in [0, 0.05) is 5.56 Å². The fraction of sp³-hybridized carbons (Fsp3) is 0. The van der Waals surface area contributed by atoms with Crippen molar-refractivity contribution in [3.8, 4) is 22.8 Å². The molecule has 24 heavy (non-hydrogen) atoms. The van der Waals surface area contributed by atoms with Crippen LogP contribution in [0, 0.1) is 5.82 Å². The van der Waals surface area contributed by atoms with E-state index < -0.39 is 16.9 Å². The van der Waals surface area contributed by atoms with Gasteiger partial charge < -0.3 is 14.5 Å². The molecule has 2 aromatic carbocycles. The van der Waals surface area contributed by atoms with Gasteiger partial charge >= 0.3 is 11.1 Å². The zero-order valence-electron chi connectivity index (χ0n) is 12.0. The molecule has 8 heteroatoms. The first-order chi connectivity index (χ1) is 11.6. The molecule has 0 aliphatic rings. The quantitative estimate of drug-likeness (QED) is 0.549. The second-order valence-corrected chi connectivity index (χ2v) is 5.07. The molecule has 2 aromatic heterocycles. The van der Waals surface area contributed by atoms with Gasteiger partial charge in [-0.2, -0.15) is 4.98 Å². The molecule has 0 amide bonds. The van der Waals surface area contributed by atoms with Gasteiger partial charge in [-0.3, -0.25) is 9.59 Å². The fourth-order valence-electron chi connectivity index (χ4n) is 2.34. The molecule has 0 aliphatic carbocycles. The largest absolute Gasteiger partial charge is 0.334 e. The smallest absolute Gasteiger partial charge is 0.314 e. The van der Waals surface area contributed by atoms with E-state index in [1.54, 1.807) is 36.4 Å². The van der Waals surface area contributed by atoms with Crippen LogP contribution in [0.25, 0.3) is 33.9 Å². The molecule has 2 heterocycles. The number of benzene rings is 2. The summed E-state index contributed by atoms with van der Waals surface area (Å²) in [5, 5.41) is 3.78. The van der Waals surface area contributed by atoms with Crippen LogP contribution >= 0.6 is 0 Å². The Morgan fingerprint density at radius 1 is 0.958 bits per heavy atom. The van der Waals surface area contributed by atoms with E-state index in [1.165, 1.54) is 6.07 Å². The number of halogens is 1. The lowest BCUT2D eigenvalue weighted by Gasteiger charge is -1.99. The molecular weight excluding hydrogens is 315 g/mol. The summed E-state index contributed by atoms with van der Waals surface area (Å²) in [6.07, 6.45) is 0. The number of nitrogens with one attached hydrogen (secondary N) is 2. The van der Waals surface area contributed by atoms with Crippen LogP contribution in [0.3, 0.4) is 0 Å². The van der Waals surface area contributed by atoms with Crippen molar-refractivity contribution >= 4 is 11.0 Å². The molecule has 0 bridgehead atoms. The number of aromatic amines is 2. The second kappa shape index (κ2) is 5.27. The van der Waals surface area contributed by atoms with E-state index in [0.717, 1.165) is 0 Å². The lowest BCUT2D eigenvalue weighted by molar-refractivity contribution is 0.432. The lowest BCUT2D eigenvalue weighted by atomic mass is 10.2. The van der Waals surface area contributed by atoms with Crippen LogP contribution in [0.15, 0.2) is 56.6 Å². The van der Waals surface area contributed by atoms with Crippen LogP contribution in [0.2, 0.25) is 0 Å². The van der Waals surface area contributed by atoms with Crippen molar-refractivity contribution in [2.75, 3.05) is 0 Å². The molecule has 7 nitrogen and oxygen atoms in total. The van der Waals surface area contributed by atoms with Crippen LogP contribution in [0.1, 0.15) is 0 Å². The summed E-state index contributed by atoms with van der Waals surface area (Å²) in [6.45, 7) is 0. The van der Waals surface area contributed by atoms with Crippen LogP contribution in [0.4, 0.5) is 4.39 Å². The van der Waals surface area contributed by atoms with Gasteiger partial charge in [-0.05, 0) is 30.3 Å². The predicted molar refractivity (Wildman–Crippen MR) is 83.9 cm³/mol. The highest BCUT2D eigenvalue weighted by Gasteiger charge is 2.14. The minimum absolute atomic E-state index is 0.123. The molecule has 0 unspecified atom stereocenters. The Morgan fingerprint density at radius 3 is 2.50 bits per heavy atom. The van der Waals surface area contributed by atoms with Gasteiger partial charge in [0.2, 0.25) is 5.82 Å². The first-order valence-corrected chi connectivity index (χ1v) is 6.97. The van der Waals surface area contributed by atoms with E-state index in [9.17, 15) is 14.0 Å². The Labute approximate surface area is 132 Å². The number of nitrogens with zero attached hydrogens (tertiary/aromatic N) is 2. The van der Waals surface area contributed by atoms with Crippen molar-refractivity contribution in [2.45, 2.75) is 0 Å². The number of fused-ring (bicyclic) bond motifs is 1. The zero-order chi connectivity index (χ0) is 16.7. The SMILES string of the molecule is O=c1[nH]c2ccc(-c3nc(-c4ccccc4F)no3)cc2[nH]c1=O. The monoisotopic (exact) mass is 324 g/mol. The van der Waals surface area contributed by atoms with Crippen LogP contribution in [-0.4, -0.2) is 20.1 Å². The number of hydrogen-bond acceptors (Lipinski definition) is 5. The van der Waals surface area contributed by atoms with Crippen LogP contribution in [0.5, 0.6) is 0 Å². The summed E-state index contributed by atoms with van der Waals surface area (Å²) in [6, 6.07) is 10.9. The van der Waals surface area contributed by atoms with Crippen molar-refractivity contribution in [2.24, 2.45) is 0 Å². The summed E-state index contributed by atoms with van der Waals surface area (Å²) >= 11 is 0. The lowest BCUT2D eigenvalue weighted by Crippen LogP contribution is -2.28. The summed E-state index contributed by atoms with van der Waals surface area (Å²) in [7, 11) is 0. The third-order valence-electron chi connectivity index (χ3n) is 3.51. The Morgan fingerprint density at radius 2 is 1.71 bits per heavy atom. The average molecular weight is 324 g/mol. The number of hydrogen-bond donors (Lipinski definition) is 2. The predicted octanol–water partition coefficient (Wildman–Crippen LogP) is 2.07. The van der Waals surface area contributed by atoms with E-state index in [1.807, 2.05) is 0 Å². The van der Waals surface area contributed by atoms with Crippen molar-refractivity contribution in [1.29, 1.82) is 0 Å². The molecule has 0 saturated heterocycles. The van der Waals surface area contributed by atoms with Crippen LogP contribution < -0.4 is 11.1 Å². The van der Waals surface area contributed by atoms with Gasteiger partial charge in [0.15, 0.2) is 0 Å². The van der Waals surface area contributed by atoms with E-state index in [-0.39, 0.29) is 17.3 Å². The van der Waals surface area contributed by atoms with Crippen molar-refractivity contribution in [3.05, 3.63) is 69.0 Å². The second-order valence-electron chi connectivity index (χ2n) is 5.07. The highest BCUT2D eigenvalue weighted by atomic mass is 19.1. The molecule has 0 aliphatic heterocycles. The third-order valence-corrected chi connectivity index (χ3v) is 3.51. The Kier molecular flexibility index (Phi) is 3.09. The summed E-state index contributed by atoms with van der Waals surface area (Å²) in [4.78, 5) is 31.8. The molecule has 0 saturated carbocycles. The molecule has 118 valence electrons. The van der Waals surface area contributed by atoms with Crippen molar-refractivity contribution < 1.29 is 8.91 Å². The highest BCUT2D eigenvalue weighted by molar-refractivity contribution is 5.79. The maximum absolute atomic E-state index is 13.8. The molecule has 4 rings (SSSR count). The molecule has 2 N–H and O–H groups in total. The summed E-state index contributed by atoms with van der Waals surface area (Å²) in [5.74, 6) is -0.161. The van der Waals surface area contributed by atoms with Crippen molar-refractivity contribution in [3.63, 3.8) is 0 Å². The first-order valence-electron chi connectivity index (χ1n) is 6.97. The fourth-order valence-corrected chi connectivity index (χ4v) is 2.34. The highest BCUT2D eigenvalue weighted by Crippen LogP contribution is 2.25. The van der Waals surface area contributed by atoms with Gasteiger partial charge in [-0.15, -0.1) is 0 Å².